The smallest absolute Gasteiger partial charge is 0.273 e. The van der Waals surface area contributed by atoms with Crippen LogP contribution in [0, 0.1) is 5.82 Å². The lowest BCUT2D eigenvalue weighted by Gasteiger charge is -2.41. The third-order valence-electron chi connectivity index (χ3n) is 6.03. The molecule has 1 aliphatic heterocycles. The van der Waals surface area contributed by atoms with Crippen molar-refractivity contribution >= 4 is 11.6 Å². The van der Waals surface area contributed by atoms with Crippen LogP contribution < -0.4 is 5.56 Å². The summed E-state index contributed by atoms with van der Waals surface area (Å²) in [6, 6.07) is 13.2. The van der Waals surface area contributed by atoms with Gasteiger partial charge in [0.1, 0.15) is 17.2 Å². The minimum absolute atomic E-state index is 0.213. The number of benzene rings is 1. The summed E-state index contributed by atoms with van der Waals surface area (Å²) in [5.74, 6) is -0.533. The Bertz CT molecular complexity index is 1290. The fourth-order valence-corrected chi connectivity index (χ4v) is 4.36. The van der Waals surface area contributed by atoms with Crippen LogP contribution in [-0.2, 0) is 5.41 Å². The van der Waals surface area contributed by atoms with Crippen LogP contribution in [0.2, 0.25) is 0 Å². The molecule has 0 aliphatic carbocycles. The number of piperidine rings is 1. The van der Waals surface area contributed by atoms with E-state index < -0.39 is 0 Å². The molecule has 0 unspecified atom stereocenters. The van der Waals surface area contributed by atoms with Crippen LogP contribution in [0.5, 0.6) is 0 Å². The van der Waals surface area contributed by atoms with Crippen molar-refractivity contribution in [3.8, 4) is 0 Å². The molecule has 7 nitrogen and oxygen atoms in total. The summed E-state index contributed by atoms with van der Waals surface area (Å²) in [4.78, 5) is 37.1. The van der Waals surface area contributed by atoms with Gasteiger partial charge in [0.25, 0.3) is 11.5 Å². The van der Waals surface area contributed by atoms with Crippen molar-refractivity contribution in [2.75, 3.05) is 13.1 Å². The quantitative estimate of drug-likeness (QED) is 0.556. The lowest BCUT2D eigenvalue weighted by atomic mass is 9.70. The van der Waals surface area contributed by atoms with Crippen molar-refractivity contribution in [3.05, 3.63) is 100 Å². The molecule has 1 fully saturated rings. The van der Waals surface area contributed by atoms with E-state index in [-0.39, 0.29) is 28.4 Å². The van der Waals surface area contributed by atoms with Crippen LogP contribution in [0.3, 0.4) is 0 Å². The van der Waals surface area contributed by atoms with Gasteiger partial charge < -0.3 is 14.3 Å². The van der Waals surface area contributed by atoms with Crippen molar-refractivity contribution in [1.82, 2.24) is 24.3 Å². The zero-order valence-electron chi connectivity index (χ0n) is 16.7. The number of aromatic nitrogens is 4. The zero-order chi connectivity index (χ0) is 21.4. The van der Waals surface area contributed by atoms with Crippen LogP contribution in [0.15, 0.2) is 72.0 Å². The Morgan fingerprint density at radius 1 is 1.06 bits per heavy atom. The maximum atomic E-state index is 13.7. The highest BCUT2D eigenvalue weighted by molar-refractivity contribution is 5.92. The highest BCUT2D eigenvalue weighted by Gasteiger charge is 2.41. The highest BCUT2D eigenvalue weighted by Crippen LogP contribution is 2.41. The van der Waals surface area contributed by atoms with E-state index in [0.717, 1.165) is 17.5 Å². The van der Waals surface area contributed by atoms with Crippen molar-refractivity contribution in [2.24, 2.45) is 0 Å². The Morgan fingerprint density at radius 2 is 1.84 bits per heavy atom. The number of carbonyl (C=O) groups excluding carboxylic acids is 1. The van der Waals surface area contributed by atoms with E-state index in [0.29, 0.717) is 31.6 Å². The Morgan fingerprint density at radius 3 is 2.55 bits per heavy atom. The summed E-state index contributed by atoms with van der Waals surface area (Å²) in [7, 11) is 0. The van der Waals surface area contributed by atoms with E-state index in [1.807, 2.05) is 24.4 Å². The van der Waals surface area contributed by atoms with Crippen molar-refractivity contribution in [1.29, 1.82) is 0 Å². The second-order valence-electron chi connectivity index (χ2n) is 7.78. The van der Waals surface area contributed by atoms with Crippen LogP contribution in [-0.4, -0.2) is 43.2 Å². The molecule has 1 aromatic carbocycles. The molecule has 1 amide bonds. The van der Waals surface area contributed by atoms with E-state index in [1.165, 1.54) is 18.5 Å². The van der Waals surface area contributed by atoms with Crippen LogP contribution >= 0.6 is 0 Å². The molecular weight excluding hydrogens is 397 g/mol. The minimum atomic E-state index is -0.390. The molecule has 156 valence electrons. The number of hydrogen-bond acceptors (Lipinski definition) is 4. The van der Waals surface area contributed by atoms with Crippen LogP contribution in [0.25, 0.3) is 5.65 Å². The molecule has 8 heteroatoms. The Hall–Kier alpha value is -3.81. The molecule has 0 spiro atoms. The lowest BCUT2D eigenvalue weighted by Crippen LogP contribution is -2.46. The van der Waals surface area contributed by atoms with E-state index in [9.17, 15) is 14.0 Å². The van der Waals surface area contributed by atoms with E-state index in [2.05, 4.69) is 22.1 Å². The van der Waals surface area contributed by atoms with Gasteiger partial charge in [-0.3, -0.25) is 9.59 Å². The van der Waals surface area contributed by atoms with Gasteiger partial charge in [-0.15, -0.1) is 0 Å². The molecule has 1 N–H and O–H groups in total. The Kier molecular flexibility index (Phi) is 4.62. The number of amides is 1. The first-order valence-electron chi connectivity index (χ1n) is 10.1. The number of pyridine rings is 1. The topological polar surface area (TPSA) is 83.4 Å². The van der Waals surface area contributed by atoms with E-state index in [4.69, 9.17) is 4.98 Å². The van der Waals surface area contributed by atoms with Crippen molar-refractivity contribution in [3.63, 3.8) is 0 Å². The molecule has 4 aromatic rings. The normalized spacial score (nSPS) is 15.8. The summed E-state index contributed by atoms with van der Waals surface area (Å²) < 4.78 is 15.4. The first kappa shape index (κ1) is 19.2. The second kappa shape index (κ2) is 7.46. The number of imidazole rings is 1. The van der Waals surface area contributed by atoms with Gasteiger partial charge in [-0.05, 0) is 30.5 Å². The summed E-state index contributed by atoms with van der Waals surface area (Å²) in [6.07, 6.45) is 7.09. The SMILES string of the molecule is O=C(c1c[nH]c(=O)cn1)N1CCC(c2ccccc2)(c2cn3cc(F)ccc3n2)CC1. The van der Waals surface area contributed by atoms with Gasteiger partial charge in [0, 0.05) is 37.1 Å². The summed E-state index contributed by atoms with van der Waals surface area (Å²) in [5, 5.41) is 0. The van der Waals surface area contributed by atoms with Gasteiger partial charge in [0.05, 0.1) is 11.9 Å². The number of nitrogens with zero attached hydrogens (tertiary/aromatic N) is 4. The number of hydrogen-bond donors (Lipinski definition) is 1. The molecule has 0 bridgehead atoms. The predicted octanol–water partition coefficient (Wildman–Crippen LogP) is 2.78. The number of H-pyrrole nitrogens is 1. The monoisotopic (exact) mass is 417 g/mol. The minimum Gasteiger partial charge on any atom is -0.337 e. The van der Waals surface area contributed by atoms with Gasteiger partial charge in [0.15, 0.2) is 0 Å². The molecule has 5 rings (SSSR count). The van der Waals surface area contributed by atoms with Crippen LogP contribution in [0.4, 0.5) is 4.39 Å². The highest BCUT2D eigenvalue weighted by atomic mass is 19.1. The molecule has 0 saturated carbocycles. The van der Waals surface area contributed by atoms with Crippen molar-refractivity contribution in [2.45, 2.75) is 18.3 Å². The zero-order valence-corrected chi connectivity index (χ0v) is 16.7. The van der Waals surface area contributed by atoms with Gasteiger partial charge >= 0.3 is 0 Å². The molecule has 0 radical (unpaired) electrons. The van der Waals surface area contributed by atoms with E-state index >= 15 is 0 Å². The van der Waals surface area contributed by atoms with Gasteiger partial charge in [-0.25, -0.2) is 14.4 Å². The fourth-order valence-electron chi connectivity index (χ4n) is 4.36. The second-order valence-corrected chi connectivity index (χ2v) is 7.78. The standard InChI is InChI=1S/C23H20FN5O2/c24-17-6-7-20-27-19(15-29(20)14-17)23(16-4-2-1-3-5-16)8-10-28(11-9-23)22(31)18-12-26-21(30)13-25-18/h1-7,12-15H,8-11H2,(H,26,30). The molecule has 4 heterocycles. The number of rotatable bonds is 3. The third kappa shape index (κ3) is 3.39. The molecule has 1 aliphatic rings. The van der Waals surface area contributed by atoms with Gasteiger partial charge in [-0.1, -0.05) is 30.3 Å². The number of carbonyl (C=O) groups is 1. The number of likely N-dealkylation sites (tertiary alicyclic amines) is 1. The number of aromatic amines is 1. The molecule has 0 atom stereocenters. The largest absolute Gasteiger partial charge is 0.337 e. The lowest BCUT2D eigenvalue weighted by molar-refractivity contribution is 0.0677. The molecule has 3 aromatic heterocycles. The Balaban J connectivity index is 1.49. The number of halogens is 1. The summed E-state index contributed by atoms with van der Waals surface area (Å²) >= 11 is 0. The molecular formula is C23H20FN5O2. The first-order chi connectivity index (χ1) is 15.0. The van der Waals surface area contributed by atoms with Crippen molar-refractivity contribution < 1.29 is 9.18 Å². The van der Waals surface area contributed by atoms with E-state index in [1.54, 1.807) is 15.4 Å². The summed E-state index contributed by atoms with van der Waals surface area (Å²) in [5.41, 5.74) is 2.14. The van der Waals surface area contributed by atoms with Gasteiger partial charge in [0.2, 0.25) is 0 Å². The predicted molar refractivity (Wildman–Crippen MR) is 112 cm³/mol. The maximum absolute atomic E-state index is 13.7. The number of nitrogens with one attached hydrogen (secondary N) is 1. The third-order valence-corrected chi connectivity index (χ3v) is 6.03. The maximum Gasteiger partial charge on any atom is 0.273 e. The average Bonchev–Trinajstić information content (AvgIpc) is 3.23. The van der Waals surface area contributed by atoms with Crippen LogP contribution in [0.1, 0.15) is 34.6 Å². The summed E-state index contributed by atoms with van der Waals surface area (Å²) in [6.45, 7) is 1.02. The molecule has 31 heavy (non-hydrogen) atoms. The molecule has 1 saturated heterocycles. The number of fused-ring (bicyclic) bond motifs is 1. The van der Waals surface area contributed by atoms with Gasteiger partial charge in [-0.2, -0.15) is 0 Å². The first-order valence-corrected chi connectivity index (χ1v) is 10.1. The fraction of sp³-hybridized carbons (Fsp3) is 0.217. The average molecular weight is 417 g/mol. The Labute approximate surface area is 177 Å².